The maximum atomic E-state index is 6.95. The fourth-order valence-electron chi connectivity index (χ4n) is 6.06. The molecular weight excluding hydrogens is 560 g/mol. The second-order valence-electron chi connectivity index (χ2n) is 17.7. The SMILES string of the molecule is [B]C(C)(N)CCOC(C)(C)CC(CC([B])(C)OCCC(C)(C)N)(CC([B])(C)OCCC(C)(C)N)CC(C)(C)OCCC([B])(C)N. The lowest BCUT2D eigenvalue weighted by molar-refractivity contribution is -0.127. The summed E-state index contributed by atoms with van der Waals surface area (Å²) in [5.74, 6) is 0. The Hall–Kier alpha value is -0.0603. The van der Waals surface area contributed by atoms with Crippen LogP contribution in [0.15, 0.2) is 0 Å². The van der Waals surface area contributed by atoms with E-state index in [-0.39, 0.29) is 11.1 Å². The fourth-order valence-corrected chi connectivity index (χ4v) is 6.06. The number of hydrogen-bond donors (Lipinski definition) is 4. The summed E-state index contributed by atoms with van der Waals surface area (Å²) >= 11 is 0. The van der Waals surface area contributed by atoms with Gasteiger partial charge in [-0.25, -0.2) is 0 Å². The van der Waals surface area contributed by atoms with Crippen molar-refractivity contribution in [2.45, 2.75) is 179 Å². The van der Waals surface area contributed by atoms with Gasteiger partial charge < -0.3 is 41.9 Å². The molecule has 0 rings (SSSR count). The van der Waals surface area contributed by atoms with Crippen LogP contribution >= 0.6 is 0 Å². The first-order valence-electron chi connectivity index (χ1n) is 16.5. The topological polar surface area (TPSA) is 141 Å². The van der Waals surface area contributed by atoms with Crippen LogP contribution in [-0.4, -0.2) is 102 Å². The molecule has 0 saturated heterocycles. The van der Waals surface area contributed by atoms with E-state index in [0.717, 1.165) is 0 Å². The van der Waals surface area contributed by atoms with Gasteiger partial charge in [0.1, 0.15) is 15.7 Å². The molecule has 0 aromatic heterocycles. The van der Waals surface area contributed by atoms with Gasteiger partial charge in [-0.05, 0) is 137 Å². The van der Waals surface area contributed by atoms with Crippen LogP contribution in [0.3, 0.4) is 0 Å². The standard InChI is InChI=1S/C33H68B4N4O4/c1-25(2,38)13-17-44-31(11,36)23-33(21-27(5,6)42-19-15-29(9,34)40,22-28(7,8)43-20-16-30(10,35)41)24-32(12,37)45-18-14-26(3,4)39/h13-24,38-41H2,1-12H3. The van der Waals surface area contributed by atoms with Gasteiger partial charge in [0, 0.05) is 48.5 Å². The van der Waals surface area contributed by atoms with Crippen LogP contribution in [0.25, 0.3) is 0 Å². The van der Waals surface area contributed by atoms with Crippen molar-refractivity contribution in [3.8, 4) is 0 Å². The van der Waals surface area contributed by atoms with E-state index >= 15 is 0 Å². The maximum absolute atomic E-state index is 6.95. The lowest BCUT2D eigenvalue weighted by Gasteiger charge is -2.51. The molecule has 0 saturated carbocycles. The Morgan fingerprint density at radius 2 is 0.667 bits per heavy atom. The molecule has 0 aliphatic rings. The predicted molar refractivity (Wildman–Crippen MR) is 193 cm³/mol. The average molecular weight is 628 g/mol. The Morgan fingerprint density at radius 1 is 0.400 bits per heavy atom. The number of nitrogens with two attached hydrogens (primary N) is 4. The summed E-state index contributed by atoms with van der Waals surface area (Å²) in [6, 6.07) is 0. The van der Waals surface area contributed by atoms with Crippen LogP contribution in [0.5, 0.6) is 0 Å². The predicted octanol–water partition coefficient (Wildman–Crippen LogP) is 3.65. The normalized spacial score (nSPS) is 20.4. The van der Waals surface area contributed by atoms with Crippen molar-refractivity contribution in [2.24, 2.45) is 28.3 Å². The maximum Gasteiger partial charge on any atom is 0.113 e. The average Bonchev–Trinajstić information content (AvgIpc) is 2.66. The van der Waals surface area contributed by atoms with E-state index in [1.807, 2.05) is 41.5 Å². The summed E-state index contributed by atoms with van der Waals surface area (Å²) in [4.78, 5) is 0. The van der Waals surface area contributed by atoms with Crippen molar-refractivity contribution in [2.75, 3.05) is 26.4 Å². The molecule has 8 radical (unpaired) electrons. The third kappa shape index (κ3) is 24.7. The van der Waals surface area contributed by atoms with Gasteiger partial charge in [0.2, 0.25) is 0 Å². The van der Waals surface area contributed by atoms with Crippen LogP contribution in [0.4, 0.5) is 0 Å². The third-order valence-corrected chi connectivity index (χ3v) is 7.68. The third-order valence-electron chi connectivity index (χ3n) is 7.68. The molecule has 0 spiro atoms. The van der Waals surface area contributed by atoms with E-state index in [0.29, 0.717) is 77.8 Å². The summed E-state index contributed by atoms with van der Waals surface area (Å²) in [5.41, 5.74) is 18.3. The molecule has 0 aromatic rings. The first-order valence-corrected chi connectivity index (χ1v) is 16.5. The second-order valence-corrected chi connectivity index (χ2v) is 17.7. The van der Waals surface area contributed by atoms with E-state index in [1.54, 1.807) is 13.8 Å². The summed E-state index contributed by atoms with van der Waals surface area (Å²) in [6.07, 6.45) is 4.32. The fraction of sp³-hybridized carbons (Fsp3) is 1.00. The largest absolute Gasteiger partial charge is 0.385 e. The molecule has 4 atom stereocenters. The van der Waals surface area contributed by atoms with Gasteiger partial charge in [-0.3, -0.25) is 0 Å². The minimum absolute atomic E-state index is 0.389. The van der Waals surface area contributed by atoms with Crippen molar-refractivity contribution in [3.05, 3.63) is 0 Å². The summed E-state index contributed by atoms with van der Waals surface area (Å²) < 4.78 is 25.6. The molecule has 0 fully saturated rings. The van der Waals surface area contributed by atoms with Gasteiger partial charge in [0.25, 0.3) is 0 Å². The van der Waals surface area contributed by atoms with Gasteiger partial charge in [-0.2, -0.15) is 0 Å². The van der Waals surface area contributed by atoms with Crippen molar-refractivity contribution >= 4 is 31.4 Å². The molecule has 8 N–H and O–H groups in total. The molecule has 0 aromatic carbocycles. The van der Waals surface area contributed by atoms with E-state index in [4.69, 9.17) is 73.3 Å². The highest BCUT2D eigenvalue weighted by Crippen LogP contribution is 2.50. The Balaban J connectivity index is 6.67. The quantitative estimate of drug-likeness (QED) is 0.119. The van der Waals surface area contributed by atoms with Gasteiger partial charge in [0.05, 0.1) is 26.9 Å². The minimum atomic E-state index is -1.02. The Kier molecular flexibility index (Phi) is 16.5. The molecule has 0 aliphatic heterocycles. The highest BCUT2D eigenvalue weighted by Gasteiger charge is 2.47. The number of ether oxygens (including phenoxy) is 4. The smallest absolute Gasteiger partial charge is 0.113 e. The highest BCUT2D eigenvalue weighted by molar-refractivity contribution is 6.15. The van der Waals surface area contributed by atoms with Crippen LogP contribution in [0.1, 0.15) is 134 Å². The molecule has 4 unspecified atom stereocenters. The number of hydrogen-bond acceptors (Lipinski definition) is 8. The Morgan fingerprint density at radius 3 is 0.911 bits per heavy atom. The van der Waals surface area contributed by atoms with Crippen LogP contribution in [0.2, 0.25) is 0 Å². The zero-order chi connectivity index (χ0) is 35.8. The number of rotatable bonds is 24. The summed E-state index contributed by atoms with van der Waals surface area (Å²) in [5, 5.41) is 0. The van der Waals surface area contributed by atoms with Gasteiger partial charge >= 0.3 is 0 Å². The monoisotopic (exact) mass is 629 g/mol. The van der Waals surface area contributed by atoms with Crippen molar-refractivity contribution in [1.29, 1.82) is 0 Å². The summed E-state index contributed by atoms with van der Waals surface area (Å²) in [7, 11) is 26.0. The zero-order valence-electron chi connectivity index (χ0n) is 31.2. The summed E-state index contributed by atoms with van der Waals surface area (Å²) in [6.45, 7) is 25.1. The first kappa shape index (κ1) is 44.9. The molecule has 8 nitrogen and oxygen atoms in total. The van der Waals surface area contributed by atoms with Gasteiger partial charge in [-0.1, -0.05) is 13.8 Å². The second kappa shape index (κ2) is 16.6. The molecule has 45 heavy (non-hydrogen) atoms. The first-order chi connectivity index (χ1) is 19.7. The van der Waals surface area contributed by atoms with E-state index < -0.39 is 38.5 Å². The van der Waals surface area contributed by atoms with Crippen molar-refractivity contribution < 1.29 is 18.9 Å². The van der Waals surface area contributed by atoms with E-state index in [1.165, 1.54) is 0 Å². The highest BCUT2D eigenvalue weighted by atomic mass is 16.5. The lowest BCUT2D eigenvalue weighted by Crippen LogP contribution is -2.50. The molecule has 12 heteroatoms. The van der Waals surface area contributed by atoms with Crippen LogP contribution in [0, 0.1) is 5.41 Å². The van der Waals surface area contributed by atoms with Gasteiger partial charge in [-0.15, -0.1) is 0 Å². The molecule has 256 valence electrons. The molecule has 0 heterocycles. The molecule has 0 aliphatic carbocycles. The lowest BCUT2D eigenvalue weighted by atomic mass is 9.56. The molecule has 0 amide bonds. The van der Waals surface area contributed by atoms with Crippen molar-refractivity contribution in [3.63, 3.8) is 0 Å². The van der Waals surface area contributed by atoms with Gasteiger partial charge in [0.15, 0.2) is 0 Å². The van der Waals surface area contributed by atoms with Crippen molar-refractivity contribution in [1.82, 2.24) is 0 Å². The van der Waals surface area contributed by atoms with Crippen LogP contribution in [-0.2, 0) is 18.9 Å². The van der Waals surface area contributed by atoms with E-state index in [2.05, 4.69) is 27.7 Å². The molecule has 0 bridgehead atoms. The minimum Gasteiger partial charge on any atom is -0.385 e. The Labute approximate surface area is 283 Å². The van der Waals surface area contributed by atoms with E-state index in [9.17, 15) is 0 Å². The Bertz CT molecular complexity index is 717. The zero-order valence-corrected chi connectivity index (χ0v) is 31.2. The van der Waals surface area contributed by atoms with Crippen LogP contribution < -0.4 is 22.9 Å². The molecular formula is C33H68B4N4O4.